The molecule has 2 N–H and O–H groups in total. The van der Waals surface area contributed by atoms with Crippen LogP contribution in [0.25, 0.3) is 6.08 Å². The number of furan rings is 1. The zero-order valence-electron chi connectivity index (χ0n) is 6.83. The highest BCUT2D eigenvalue weighted by Crippen LogP contribution is 2.16. The zero-order chi connectivity index (χ0) is 10.1. The minimum absolute atomic E-state index is 0.248. The van der Waals surface area contributed by atoms with E-state index in [2.05, 4.69) is 26.6 Å². The maximum absolute atomic E-state index is 11.2. The van der Waals surface area contributed by atoms with E-state index in [9.17, 15) is 4.79 Å². The van der Waals surface area contributed by atoms with Gasteiger partial charge in [-0.15, -0.1) is 0 Å². The van der Waals surface area contributed by atoms with E-state index in [4.69, 9.17) is 16.6 Å². The molecule has 0 aromatic carbocycles. The predicted octanol–water partition coefficient (Wildman–Crippen LogP) is 1.39. The molecule has 1 fully saturated rings. The second-order valence-electron chi connectivity index (χ2n) is 2.61. The van der Waals surface area contributed by atoms with E-state index in [0.717, 1.165) is 0 Å². The summed E-state index contributed by atoms with van der Waals surface area (Å²) < 4.78 is 5.82. The molecule has 0 unspecified atom stereocenters. The van der Waals surface area contributed by atoms with Gasteiger partial charge in [-0.25, -0.2) is 0 Å². The van der Waals surface area contributed by atoms with Gasteiger partial charge in [-0.2, -0.15) is 0 Å². The maximum atomic E-state index is 11.2. The Morgan fingerprint density at radius 3 is 2.71 bits per heavy atom. The largest absolute Gasteiger partial charge is 0.450 e. The Morgan fingerprint density at radius 2 is 2.21 bits per heavy atom. The minimum atomic E-state index is -0.248. The van der Waals surface area contributed by atoms with Gasteiger partial charge in [0.2, 0.25) is 0 Å². The van der Waals surface area contributed by atoms with Crippen molar-refractivity contribution in [2.45, 2.75) is 0 Å². The first kappa shape index (κ1) is 9.42. The summed E-state index contributed by atoms with van der Waals surface area (Å²) in [7, 11) is 0. The van der Waals surface area contributed by atoms with E-state index >= 15 is 0 Å². The van der Waals surface area contributed by atoms with Crippen molar-refractivity contribution in [1.82, 2.24) is 10.6 Å². The van der Waals surface area contributed by atoms with Gasteiger partial charge in [-0.3, -0.25) is 10.1 Å². The Balaban J connectivity index is 2.27. The molecule has 1 aliphatic rings. The van der Waals surface area contributed by atoms with Crippen molar-refractivity contribution in [2.24, 2.45) is 0 Å². The fourth-order valence-electron chi connectivity index (χ4n) is 1.03. The van der Waals surface area contributed by atoms with Crippen LogP contribution in [0.15, 0.2) is 26.9 Å². The molecule has 1 amide bonds. The van der Waals surface area contributed by atoms with Crippen LogP contribution in [0, 0.1) is 0 Å². The molecule has 0 atom stereocenters. The molecule has 0 radical (unpaired) electrons. The van der Waals surface area contributed by atoms with Gasteiger partial charge in [0.05, 0.1) is 0 Å². The molecule has 0 saturated carbocycles. The normalized spacial score (nSPS) is 18.5. The van der Waals surface area contributed by atoms with Gasteiger partial charge in [0.1, 0.15) is 11.5 Å². The Kier molecular flexibility index (Phi) is 2.39. The van der Waals surface area contributed by atoms with Gasteiger partial charge in [0, 0.05) is 6.08 Å². The molecule has 1 aromatic heterocycles. The summed E-state index contributed by atoms with van der Waals surface area (Å²) in [5.41, 5.74) is 0.386. The van der Waals surface area contributed by atoms with Crippen LogP contribution in [0.2, 0.25) is 0 Å². The quantitative estimate of drug-likeness (QED) is 0.599. The molecule has 0 bridgehead atoms. The number of hydrogen-bond donors (Lipinski definition) is 2. The highest BCUT2D eigenvalue weighted by atomic mass is 79.9. The third-order valence-corrected chi connectivity index (χ3v) is 2.23. The SMILES string of the molecule is O=C1NC(=S)NC1=Cc1ccc(Br)o1. The summed E-state index contributed by atoms with van der Waals surface area (Å²) in [6, 6.07) is 3.49. The molecule has 1 saturated heterocycles. The van der Waals surface area contributed by atoms with Crippen LogP contribution < -0.4 is 10.6 Å². The summed E-state index contributed by atoms with van der Waals surface area (Å²) in [5.74, 6) is 0.335. The Labute approximate surface area is 93.5 Å². The molecule has 2 heterocycles. The number of hydrogen-bond acceptors (Lipinski definition) is 3. The van der Waals surface area contributed by atoms with Gasteiger partial charge < -0.3 is 9.73 Å². The lowest BCUT2D eigenvalue weighted by Crippen LogP contribution is -2.21. The van der Waals surface area contributed by atoms with E-state index in [1.807, 2.05) is 0 Å². The van der Waals surface area contributed by atoms with E-state index in [1.54, 1.807) is 18.2 Å². The Hall–Kier alpha value is -1.14. The number of carbonyl (C=O) groups excluding carboxylic acids is 1. The number of halogens is 1. The van der Waals surface area contributed by atoms with Crippen molar-refractivity contribution < 1.29 is 9.21 Å². The third kappa shape index (κ3) is 1.85. The summed E-state index contributed by atoms with van der Waals surface area (Å²) in [6.07, 6.45) is 1.58. The first-order chi connectivity index (χ1) is 6.65. The van der Waals surface area contributed by atoms with E-state index < -0.39 is 0 Å². The van der Waals surface area contributed by atoms with Crippen LogP contribution in [-0.4, -0.2) is 11.0 Å². The van der Waals surface area contributed by atoms with Gasteiger partial charge in [-0.05, 0) is 40.3 Å². The monoisotopic (exact) mass is 272 g/mol. The zero-order valence-corrected chi connectivity index (χ0v) is 9.24. The molecular formula is C8H5BrN2O2S. The van der Waals surface area contributed by atoms with Crippen molar-refractivity contribution in [3.63, 3.8) is 0 Å². The first-order valence-electron chi connectivity index (χ1n) is 3.74. The minimum Gasteiger partial charge on any atom is -0.450 e. The van der Waals surface area contributed by atoms with Crippen molar-refractivity contribution in [3.05, 3.63) is 28.3 Å². The third-order valence-electron chi connectivity index (χ3n) is 1.60. The molecule has 1 aromatic rings. The second-order valence-corrected chi connectivity index (χ2v) is 3.80. The van der Waals surface area contributed by atoms with Crippen LogP contribution in [0.1, 0.15) is 5.76 Å². The number of thiocarbonyl (C=S) groups is 1. The molecule has 14 heavy (non-hydrogen) atoms. The molecule has 6 heteroatoms. The van der Waals surface area contributed by atoms with Gasteiger partial charge >= 0.3 is 0 Å². The van der Waals surface area contributed by atoms with Crippen LogP contribution in [0.5, 0.6) is 0 Å². The average Bonchev–Trinajstić information content (AvgIpc) is 2.61. The maximum Gasteiger partial charge on any atom is 0.274 e. The summed E-state index contributed by atoms with van der Waals surface area (Å²) in [5, 5.41) is 5.48. The fourth-order valence-corrected chi connectivity index (χ4v) is 1.55. The van der Waals surface area contributed by atoms with Crippen molar-refractivity contribution in [3.8, 4) is 0 Å². The molecule has 1 aliphatic heterocycles. The average molecular weight is 273 g/mol. The summed E-state index contributed by atoms with van der Waals surface area (Å²) in [4.78, 5) is 11.2. The van der Waals surface area contributed by atoms with E-state index in [0.29, 0.717) is 21.2 Å². The lowest BCUT2D eigenvalue weighted by molar-refractivity contribution is -0.115. The number of carbonyl (C=O) groups is 1. The topological polar surface area (TPSA) is 54.3 Å². The second kappa shape index (κ2) is 3.55. The first-order valence-corrected chi connectivity index (χ1v) is 4.94. The van der Waals surface area contributed by atoms with Gasteiger partial charge in [-0.1, -0.05) is 0 Å². The van der Waals surface area contributed by atoms with Crippen LogP contribution >= 0.6 is 28.1 Å². The molecule has 2 rings (SSSR count). The highest BCUT2D eigenvalue weighted by Gasteiger charge is 2.20. The predicted molar refractivity (Wildman–Crippen MR) is 58.3 cm³/mol. The van der Waals surface area contributed by atoms with E-state index in [-0.39, 0.29) is 5.91 Å². The van der Waals surface area contributed by atoms with Crippen molar-refractivity contribution >= 4 is 45.2 Å². The Morgan fingerprint density at radius 1 is 1.43 bits per heavy atom. The van der Waals surface area contributed by atoms with E-state index in [1.165, 1.54) is 0 Å². The molecular weight excluding hydrogens is 268 g/mol. The summed E-state index contributed by atoms with van der Waals surface area (Å²) in [6.45, 7) is 0. The van der Waals surface area contributed by atoms with Crippen molar-refractivity contribution in [2.75, 3.05) is 0 Å². The van der Waals surface area contributed by atoms with Crippen molar-refractivity contribution in [1.29, 1.82) is 0 Å². The lowest BCUT2D eigenvalue weighted by Gasteiger charge is -1.91. The summed E-state index contributed by atoms with van der Waals surface area (Å²) >= 11 is 7.94. The fraction of sp³-hybridized carbons (Fsp3) is 0. The Bertz CT molecular complexity index is 438. The molecule has 0 spiro atoms. The van der Waals surface area contributed by atoms with Crippen LogP contribution in [0.4, 0.5) is 0 Å². The molecule has 0 aliphatic carbocycles. The molecule has 72 valence electrons. The van der Waals surface area contributed by atoms with Gasteiger partial charge in [0.25, 0.3) is 5.91 Å². The lowest BCUT2D eigenvalue weighted by atomic mass is 10.3. The van der Waals surface area contributed by atoms with Gasteiger partial charge in [0.15, 0.2) is 9.78 Å². The van der Waals surface area contributed by atoms with Crippen LogP contribution in [-0.2, 0) is 4.79 Å². The number of amides is 1. The number of nitrogens with one attached hydrogen (secondary N) is 2. The standard InChI is InChI=1S/C8H5BrN2O2S/c9-6-2-1-4(13-6)3-5-7(12)11-8(14)10-5/h1-3H,(H2,10,11,12,14). The molecule has 4 nitrogen and oxygen atoms in total. The smallest absolute Gasteiger partial charge is 0.274 e. The number of rotatable bonds is 1. The highest BCUT2D eigenvalue weighted by molar-refractivity contribution is 9.10. The van der Waals surface area contributed by atoms with Crippen LogP contribution in [0.3, 0.4) is 0 Å².